The maximum absolute atomic E-state index is 12.9. The predicted octanol–water partition coefficient (Wildman–Crippen LogP) is 2.65. The maximum atomic E-state index is 12.9. The third-order valence-electron chi connectivity index (χ3n) is 3.64. The number of nitrogens with zero attached hydrogens (tertiary/aromatic N) is 3. The lowest BCUT2D eigenvalue weighted by molar-refractivity contribution is -0.385. The Morgan fingerprint density at radius 2 is 2.09 bits per heavy atom. The number of nitro benzene ring substituents is 1. The molecule has 7 nitrogen and oxygen atoms in total. The summed E-state index contributed by atoms with van der Waals surface area (Å²) in [6, 6.07) is 6.31. The number of hydrogen-bond donors (Lipinski definition) is 0. The Morgan fingerprint density at radius 3 is 2.83 bits per heavy atom. The zero-order chi connectivity index (χ0) is 16.6. The van der Waals surface area contributed by atoms with Gasteiger partial charge in [-0.15, -0.1) is 0 Å². The number of aryl methyl sites for hydroxylation is 2. The number of pyridine rings is 1. The number of aromatic nitrogens is 1. The molecule has 0 spiro atoms. The summed E-state index contributed by atoms with van der Waals surface area (Å²) in [6.07, 6.45) is 1.65. The molecule has 1 aromatic carbocycles. The standard InChI is InChI=1S/C16H15N3O4/c1-10-3-4-13(19(21)22)12(7-10)16(20)18-5-6-23-15-14(18)8-11(2)9-17-15/h3-4,7-9H,5-6H2,1-2H3. The Kier molecular flexibility index (Phi) is 3.69. The number of fused-ring (bicyclic) bond motifs is 1. The monoisotopic (exact) mass is 313 g/mol. The van der Waals surface area contributed by atoms with E-state index in [0.717, 1.165) is 11.1 Å². The highest BCUT2D eigenvalue weighted by atomic mass is 16.6. The van der Waals surface area contributed by atoms with Gasteiger partial charge in [0.25, 0.3) is 11.6 Å². The fourth-order valence-corrected chi connectivity index (χ4v) is 2.54. The SMILES string of the molecule is Cc1ccc([N+](=O)[O-])c(C(=O)N2CCOc3ncc(C)cc32)c1. The third-order valence-corrected chi connectivity index (χ3v) is 3.64. The summed E-state index contributed by atoms with van der Waals surface area (Å²) in [6.45, 7) is 4.27. The van der Waals surface area contributed by atoms with E-state index < -0.39 is 10.8 Å². The van der Waals surface area contributed by atoms with Gasteiger partial charge in [-0.05, 0) is 37.1 Å². The molecule has 1 aliphatic rings. The van der Waals surface area contributed by atoms with E-state index in [4.69, 9.17) is 4.74 Å². The molecule has 0 aliphatic carbocycles. The lowest BCUT2D eigenvalue weighted by atomic mass is 10.1. The van der Waals surface area contributed by atoms with Crippen LogP contribution in [0.25, 0.3) is 0 Å². The van der Waals surface area contributed by atoms with E-state index in [1.54, 1.807) is 31.3 Å². The van der Waals surface area contributed by atoms with Crippen molar-refractivity contribution in [1.82, 2.24) is 4.98 Å². The first-order valence-electron chi connectivity index (χ1n) is 7.13. The van der Waals surface area contributed by atoms with Crippen LogP contribution in [-0.4, -0.2) is 29.0 Å². The average Bonchev–Trinajstić information content (AvgIpc) is 2.53. The number of rotatable bonds is 2. The smallest absolute Gasteiger partial charge is 0.282 e. The van der Waals surface area contributed by atoms with Crippen LogP contribution in [0.1, 0.15) is 21.5 Å². The Labute approximate surface area is 132 Å². The minimum atomic E-state index is -0.539. The molecular weight excluding hydrogens is 298 g/mol. The molecule has 7 heteroatoms. The van der Waals surface area contributed by atoms with Gasteiger partial charge < -0.3 is 4.74 Å². The Bertz CT molecular complexity index is 804. The molecule has 3 rings (SSSR count). The molecule has 2 heterocycles. The van der Waals surface area contributed by atoms with Crippen LogP contribution in [0.4, 0.5) is 11.4 Å². The molecule has 0 atom stereocenters. The van der Waals surface area contributed by atoms with Crippen molar-refractivity contribution in [3.05, 3.63) is 57.3 Å². The minimum absolute atomic E-state index is 0.0735. The predicted molar refractivity (Wildman–Crippen MR) is 84.0 cm³/mol. The van der Waals surface area contributed by atoms with E-state index in [0.29, 0.717) is 24.7 Å². The Balaban J connectivity index is 2.08. The normalized spacial score (nSPS) is 13.2. The molecular formula is C16H15N3O4. The van der Waals surface area contributed by atoms with Gasteiger partial charge in [0.05, 0.1) is 11.5 Å². The fraction of sp³-hybridized carbons (Fsp3) is 0.250. The topological polar surface area (TPSA) is 85.6 Å². The second-order valence-corrected chi connectivity index (χ2v) is 5.42. The average molecular weight is 313 g/mol. The van der Waals surface area contributed by atoms with Crippen molar-refractivity contribution in [3.63, 3.8) is 0 Å². The second-order valence-electron chi connectivity index (χ2n) is 5.42. The minimum Gasteiger partial charge on any atom is -0.474 e. The second kappa shape index (κ2) is 5.68. The van der Waals surface area contributed by atoms with Gasteiger partial charge in [0.1, 0.15) is 17.9 Å². The van der Waals surface area contributed by atoms with Crippen LogP contribution in [0.15, 0.2) is 30.5 Å². The summed E-state index contributed by atoms with van der Waals surface area (Å²) >= 11 is 0. The number of carbonyl (C=O) groups is 1. The van der Waals surface area contributed by atoms with Crippen molar-refractivity contribution < 1.29 is 14.5 Å². The first kappa shape index (κ1) is 15.0. The number of carbonyl (C=O) groups excluding carboxylic acids is 1. The van der Waals surface area contributed by atoms with Gasteiger partial charge in [0.2, 0.25) is 5.88 Å². The van der Waals surface area contributed by atoms with Crippen LogP contribution in [0.3, 0.4) is 0 Å². The number of nitro groups is 1. The zero-order valence-corrected chi connectivity index (χ0v) is 12.8. The quantitative estimate of drug-likeness (QED) is 0.628. The van der Waals surface area contributed by atoms with Crippen molar-refractivity contribution in [2.75, 3.05) is 18.1 Å². The van der Waals surface area contributed by atoms with Gasteiger partial charge >= 0.3 is 0 Å². The molecule has 1 aliphatic heterocycles. The molecule has 0 radical (unpaired) electrons. The van der Waals surface area contributed by atoms with Gasteiger partial charge in [-0.3, -0.25) is 19.8 Å². The number of hydrogen-bond acceptors (Lipinski definition) is 5. The first-order valence-corrected chi connectivity index (χ1v) is 7.13. The van der Waals surface area contributed by atoms with E-state index in [9.17, 15) is 14.9 Å². The van der Waals surface area contributed by atoms with Crippen molar-refractivity contribution in [2.45, 2.75) is 13.8 Å². The van der Waals surface area contributed by atoms with Crippen LogP contribution < -0.4 is 9.64 Å². The summed E-state index contributed by atoms with van der Waals surface area (Å²) in [5.74, 6) is -0.0529. The molecule has 0 bridgehead atoms. The van der Waals surface area contributed by atoms with Crippen LogP contribution in [0.2, 0.25) is 0 Å². The molecule has 1 aromatic heterocycles. The number of amides is 1. The lowest BCUT2D eigenvalue weighted by Gasteiger charge is -2.28. The van der Waals surface area contributed by atoms with Gasteiger partial charge in [0, 0.05) is 12.3 Å². The van der Waals surface area contributed by atoms with Gasteiger partial charge in [-0.2, -0.15) is 0 Å². The highest BCUT2D eigenvalue weighted by Gasteiger charge is 2.30. The Morgan fingerprint density at radius 1 is 1.30 bits per heavy atom. The lowest BCUT2D eigenvalue weighted by Crippen LogP contribution is -2.38. The molecule has 0 saturated heterocycles. The summed E-state index contributed by atoms with van der Waals surface area (Å²) < 4.78 is 5.46. The molecule has 0 saturated carbocycles. The number of benzene rings is 1. The van der Waals surface area contributed by atoms with E-state index in [1.807, 2.05) is 6.92 Å². The van der Waals surface area contributed by atoms with Gasteiger partial charge in [0.15, 0.2) is 0 Å². The van der Waals surface area contributed by atoms with E-state index >= 15 is 0 Å². The van der Waals surface area contributed by atoms with Crippen molar-refractivity contribution in [2.24, 2.45) is 0 Å². The maximum Gasteiger partial charge on any atom is 0.282 e. The summed E-state index contributed by atoms with van der Waals surface area (Å²) in [7, 11) is 0. The van der Waals surface area contributed by atoms with Crippen molar-refractivity contribution in [1.29, 1.82) is 0 Å². The third kappa shape index (κ3) is 2.73. The number of ether oxygens (including phenoxy) is 1. The molecule has 2 aromatic rings. The van der Waals surface area contributed by atoms with E-state index in [2.05, 4.69) is 4.98 Å². The largest absolute Gasteiger partial charge is 0.474 e. The molecule has 0 unspecified atom stereocenters. The fourth-order valence-electron chi connectivity index (χ4n) is 2.54. The van der Waals surface area contributed by atoms with Crippen molar-refractivity contribution in [3.8, 4) is 5.88 Å². The summed E-state index contributed by atoms with van der Waals surface area (Å²) in [5.41, 5.74) is 2.08. The van der Waals surface area contributed by atoms with Gasteiger partial charge in [-0.1, -0.05) is 6.07 Å². The van der Waals surface area contributed by atoms with Gasteiger partial charge in [-0.25, -0.2) is 4.98 Å². The van der Waals surface area contributed by atoms with Crippen LogP contribution in [-0.2, 0) is 0 Å². The number of anilines is 1. The highest BCUT2D eigenvalue weighted by molar-refractivity contribution is 6.09. The Hall–Kier alpha value is -2.96. The highest BCUT2D eigenvalue weighted by Crippen LogP contribution is 2.32. The van der Waals surface area contributed by atoms with Crippen molar-refractivity contribution >= 4 is 17.3 Å². The van der Waals surface area contributed by atoms with Crippen LogP contribution >= 0.6 is 0 Å². The molecule has 1 amide bonds. The first-order chi connectivity index (χ1) is 11.0. The zero-order valence-electron chi connectivity index (χ0n) is 12.8. The molecule has 23 heavy (non-hydrogen) atoms. The molecule has 0 fully saturated rings. The molecule has 0 N–H and O–H groups in total. The van der Waals surface area contributed by atoms with E-state index in [1.165, 1.54) is 11.0 Å². The van der Waals surface area contributed by atoms with E-state index in [-0.39, 0.29) is 11.3 Å². The van der Waals surface area contributed by atoms with Crippen LogP contribution in [0.5, 0.6) is 5.88 Å². The summed E-state index contributed by atoms with van der Waals surface area (Å²) in [4.78, 5) is 29.2. The molecule has 118 valence electrons. The summed E-state index contributed by atoms with van der Waals surface area (Å²) in [5, 5.41) is 11.2. The van der Waals surface area contributed by atoms with Crippen LogP contribution in [0, 0.1) is 24.0 Å².